The van der Waals surface area contributed by atoms with E-state index >= 15 is 0 Å². The van der Waals surface area contributed by atoms with E-state index in [9.17, 15) is 14.4 Å². The molecule has 0 saturated carbocycles. The number of nitrogens with one attached hydrogen (secondary N) is 6. The second-order valence-electron chi connectivity index (χ2n) is 8.40. The van der Waals surface area contributed by atoms with Crippen LogP contribution in [0.1, 0.15) is 38.7 Å². The molecule has 2 aliphatic heterocycles. The van der Waals surface area contributed by atoms with Crippen LogP contribution in [0.2, 0.25) is 0 Å². The number of nitrogen functional groups attached to an aromatic ring is 1. The Morgan fingerprint density at radius 3 is 2.86 bits per heavy atom. The van der Waals surface area contributed by atoms with Crippen LogP contribution in [0, 0.1) is 0 Å². The summed E-state index contributed by atoms with van der Waals surface area (Å²) in [6.07, 6.45) is 5.70. The van der Waals surface area contributed by atoms with Crippen LogP contribution in [-0.4, -0.2) is 62.7 Å². The number of imidazole rings is 1. The van der Waals surface area contributed by atoms with Gasteiger partial charge in [-0.3, -0.25) is 25.0 Å². The number of aromatic nitrogens is 4. The van der Waals surface area contributed by atoms with Gasteiger partial charge in [-0.05, 0) is 40.1 Å². The highest BCUT2D eigenvalue weighted by atomic mass is 79.9. The van der Waals surface area contributed by atoms with Gasteiger partial charge in [-0.25, -0.2) is 15.0 Å². The third-order valence-corrected chi connectivity index (χ3v) is 6.51. The van der Waals surface area contributed by atoms with E-state index in [1.54, 1.807) is 30.7 Å². The molecular weight excluding hydrogens is 532 g/mol. The molecule has 0 bridgehead atoms. The number of hydrogen-bond acceptors (Lipinski definition) is 6. The highest BCUT2D eigenvalue weighted by Crippen LogP contribution is 2.31. The van der Waals surface area contributed by atoms with E-state index in [4.69, 9.17) is 11.5 Å². The molecule has 1 unspecified atom stereocenters. The number of nitrogens with zero attached hydrogens (tertiary/aromatic N) is 2. The molecule has 0 saturated heterocycles. The molecule has 5 rings (SSSR count). The summed E-state index contributed by atoms with van der Waals surface area (Å²) in [6, 6.07) is 2.82. The van der Waals surface area contributed by atoms with Crippen molar-refractivity contribution in [3.05, 3.63) is 63.5 Å². The lowest BCUT2D eigenvalue weighted by molar-refractivity contribution is -0.358. The number of rotatable bonds is 6. The van der Waals surface area contributed by atoms with Gasteiger partial charge < -0.3 is 26.3 Å². The number of nitrogens with two attached hydrogens (primary N) is 2. The van der Waals surface area contributed by atoms with Crippen molar-refractivity contribution in [2.24, 2.45) is 10.7 Å². The standard InChI is InChI=1S/C22H23BrN10O3/c23-10-5-15(28-7-10)18(34)29-9-12(6-11-8-30-21(24)31-11)33-20(36)17(32-22(33)25)14-2-4-27-19(35)16-13(14)1-3-26-16/h1,3,5,7-8,12,26,28H,2,4,6,9H2,(H2,25,32)(H,27,35)(H,29,34)(H3,24,30,31)/p+1/b17-14-. The molecule has 1 atom stereocenters. The third-order valence-electron chi connectivity index (χ3n) is 6.05. The van der Waals surface area contributed by atoms with E-state index in [2.05, 4.69) is 51.5 Å². The first-order valence-electron chi connectivity index (χ1n) is 11.2. The Balaban J connectivity index is 1.45. The number of carbonyl (C=O) groups excluding carboxylic acids is 3. The zero-order valence-electron chi connectivity index (χ0n) is 18.9. The number of carbonyl (C=O) groups is 3. The first-order valence-corrected chi connectivity index (χ1v) is 11.9. The van der Waals surface area contributed by atoms with Gasteiger partial charge in [0.25, 0.3) is 17.7 Å². The first-order chi connectivity index (χ1) is 17.3. The topological polar surface area (TPSA) is 204 Å². The Bertz CT molecular complexity index is 1410. The Morgan fingerprint density at radius 2 is 2.14 bits per heavy atom. The van der Waals surface area contributed by atoms with Gasteiger partial charge in [-0.15, -0.1) is 0 Å². The summed E-state index contributed by atoms with van der Waals surface area (Å²) in [6.45, 7) is 0.445. The fourth-order valence-corrected chi connectivity index (χ4v) is 4.74. The summed E-state index contributed by atoms with van der Waals surface area (Å²) in [5, 5.41) is 5.66. The van der Waals surface area contributed by atoms with Crippen molar-refractivity contribution in [3.8, 4) is 0 Å². The van der Waals surface area contributed by atoms with Crippen LogP contribution < -0.4 is 27.1 Å². The summed E-state index contributed by atoms with van der Waals surface area (Å²) in [4.78, 5) is 56.1. The number of halogens is 1. The predicted octanol–water partition coefficient (Wildman–Crippen LogP) is -0.127. The van der Waals surface area contributed by atoms with Gasteiger partial charge in [-0.2, -0.15) is 0 Å². The molecule has 3 amide bonds. The molecule has 0 radical (unpaired) electrons. The van der Waals surface area contributed by atoms with E-state index in [0.29, 0.717) is 53.6 Å². The lowest BCUT2D eigenvalue weighted by Crippen LogP contribution is -2.51. The van der Waals surface area contributed by atoms with Crippen molar-refractivity contribution in [1.82, 2.24) is 30.5 Å². The van der Waals surface area contributed by atoms with Crippen LogP contribution in [0.3, 0.4) is 0 Å². The summed E-state index contributed by atoms with van der Waals surface area (Å²) in [5.74, 6) is -0.629. The second-order valence-corrected chi connectivity index (χ2v) is 9.31. The zero-order chi connectivity index (χ0) is 25.4. The largest absolute Gasteiger partial charge is 0.369 e. The summed E-state index contributed by atoms with van der Waals surface area (Å²) in [5.41, 5.74) is 14.9. The number of hydrogen-bond donors (Lipinski definition) is 7. The molecule has 13 nitrogen and oxygen atoms in total. The maximum atomic E-state index is 13.7. The zero-order valence-corrected chi connectivity index (χ0v) is 20.5. The van der Waals surface area contributed by atoms with Crippen molar-refractivity contribution in [2.45, 2.75) is 18.9 Å². The van der Waals surface area contributed by atoms with Crippen LogP contribution in [0.4, 0.5) is 5.95 Å². The Hall–Kier alpha value is -4.33. The molecule has 186 valence electrons. The van der Waals surface area contributed by atoms with Crippen LogP contribution in [0.15, 0.2) is 45.9 Å². The van der Waals surface area contributed by atoms with Gasteiger partial charge in [0.15, 0.2) is 0 Å². The quantitative estimate of drug-likeness (QED) is 0.207. The van der Waals surface area contributed by atoms with E-state index in [0.717, 1.165) is 4.47 Å². The molecule has 5 heterocycles. The van der Waals surface area contributed by atoms with Crippen molar-refractivity contribution in [1.29, 1.82) is 0 Å². The number of aliphatic imine (C=N–C) groups is 1. The average molecular weight is 556 g/mol. The average Bonchev–Trinajstić information content (AvgIpc) is 3.62. The van der Waals surface area contributed by atoms with Gasteiger partial charge in [0.05, 0.1) is 12.2 Å². The van der Waals surface area contributed by atoms with Crippen molar-refractivity contribution in [2.75, 3.05) is 18.8 Å². The molecule has 3 aromatic rings. The smallest absolute Gasteiger partial charge is 0.350 e. The maximum Gasteiger partial charge on any atom is 0.350 e. The lowest BCUT2D eigenvalue weighted by atomic mass is 10.0. The minimum absolute atomic E-state index is 0.00786. The number of aromatic amines is 4. The summed E-state index contributed by atoms with van der Waals surface area (Å²) < 4.78 is 0.740. The van der Waals surface area contributed by atoms with Gasteiger partial charge in [0.2, 0.25) is 5.96 Å². The highest BCUT2D eigenvalue weighted by Gasteiger charge is 2.38. The van der Waals surface area contributed by atoms with Gasteiger partial charge >= 0.3 is 5.95 Å². The van der Waals surface area contributed by atoms with E-state index in [-0.39, 0.29) is 30.0 Å². The molecule has 0 aliphatic carbocycles. The number of amides is 3. The lowest BCUT2D eigenvalue weighted by Gasteiger charge is -2.26. The van der Waals surface area contributed by atoms with Crippen molar-refractivity contribution >= 4 is 51.1 Å². The van der Waals surface area contributed by atoms with Crippen LogP contribution >= 0.6 is 15.9 Å². The fourth-order valence-electron chi connectivity index (χ4n) is 4.40. The van der Waals surface area contributed by atoms with Crippen LogP contribution in [0.25, 0.3) is 5.57 Å². The van der Waals surface area contributed by atoms with E-state index < -0.39 is 11.9 Å². The number of anilines is 1. The fraction of sp³-hybridized carbons (Fsp3) is 0.227. The molecule has 10 N–H and O–H groups in total. The number of guanidine groups is 1. The SMILES string of the molecule is NC1=N/C(=C2/CCNC(=O)c3[nH]ccc32)C(=O)N1C(CNC(=O)c1cc(Br)c[nH]1)Cc1c[nH+]c(N)[nH]1. The monoisotopic (exact) mass is 555 g/mol. The molecule has 0 fully saturated rings. The first kappa shape index (κ1) is 23.4. The third kappa shape index (κ3) is 4.37. The second kappa shape index (κ2) is 9.37. The van der Waals surface area contributed by atoms with Gasteiger partial charge in [0.1, 0.15) is 22.8 Å². The maximum absolute atomic E-state index is 13.7. The van der Waals surface area contributed by atoms with Crippen molar-refractivity contribution in [3.63, 3.8) is 0 Å². The Labute approximate surface area is 212 Å². The molecule has 14 heteroatoms. The number of H-pyrrole nitrogens is 4. The predicted molar refractivity (Wildman–Crippen MR) is 133 cm³/mol. The van der Waals surface area contributed by atoms with Gasteiger partial charge in [-0.1, -0.05) is 0 Å². The molecule has 0 spiro atoms. The number of fused-ring (bicyclic) bond motifs is 1. The Kier molecular flexibility index (Phi) is 6.10. The van der Waals surface area contributed by atoms with Crippen molar-refractivity contribution < 1.29 is 19.4 Å². The van der Waals surface area contributed by atoms with Crippen LogP contribution in [-0.2, 0) is 11.2 Å². The molecule has 3 aromatic heterocycles. The Morgan fingerprint density at radius 1 is 1.31 bits per heavy atom. The normalized spacial score (nSPS) is 18.5. The van der Waals surface area contributed by atoms with E-state index in [1.807, 2.05) is 0 Å². The summed E-state index contributed by atoms with van der Waals surface area (Å²) in [7, 11) is 0. The minimum atomic E-state index is -0.579. The summed E-state index contributed by atoms with van der Waals surface area (Å²) >= 11 is 3.31. The highest BCUT2D eigenvalue weighted by molar-refractivity contribution is 9.10. The minimum Gasteiger partial charge on any atom is -0.369 e. The molecular formula is C22H24BrN10O3+. The van der Waals surface area contributed by atoms with E-state index in [1.165, 1.54) is 4.90 Å². The molecule has 2 aliphatic rings. The van der Waals surface area contributed by atoms with Gasteiger partial charge in [0, 0.05) is 41.9 Å². The molecule has 36 heavy (non-hydrogen) atoms. The molecule has 0 aromatic carbocycles. The van der Waals surface area contributed by atoms with Crippen LogP contribution in [0.5, 0.6) is 0 Å².